The molecule has 0 bridgehead atoms. The topological polar surface area (TPSA) is 59.8 Å². The number of nitrogens with one attached hydrogen (secondary N) is 1. The van der Waals surface area contributed by atoms with E-state index in [1.165, 1.54) is 0 Å². The normalized spacial score (nSPS) is 11.1. The van der Waals surface area contributed by atoms with Crippen molar-refractivity contribution >= 4 is 50.7 Å². The van der Waals surface area contributed by atoms with Crippen molar-refractivity contribution in [1.29, 1.82) is 0 Å². The molecule has 0 atom stereocenters. The van der Waals surface area contributed by atoms with Gasteiger partial charge in [0.25, 0.3) is 5.91 Å². The van der Waals surface area contributed by atoms with E-state index in [4.69, 9.17) is 23.2 Å². The van der Waals surface area contributed by atoms with Crippen molar-refractivity contribution in [2.75, 3.05) is 5.32 Å². The van der Waals surface area contributed by atoms with Gasteiger partial charge in [0, 0.05) is 25.8 Å². The Bertz CT molecular complexity index is 1210. The molecule has 4 aromatic rings. The third-order valence-electron chi connectivity index (χ3n) is 4.87. The average Bonchev–Trinajstić information content (AvgIpc) is 3.21. The standard InChI is InChI=1S/C24H19BrCl2N4O/c1-14(2)20-13-16(25)5-12-21(20)28-24(32)22-29-23(15-3-6-17(26)7-4-15)31(30-22)19-10-8-18(27)9-11-19/h3-14H,1-2H3,(H,28,32). The zero-order valence-corrected chi connectivity index (χ0v) is 20.4. The summed E-state index contributed by atoms with van der Waals surface area (Å²) in [5.74, 6) is 0.417. The van der Waals surface area contributed by atoms with Crippen LogP contribution in [0, 0.1) is 0 Å². The number of halogens is 3. The van der Waals surface area contributed by atoms with Gasteiger partial charge >= 0.3 is 0 Å². The van der Waals surface area contributed by atoms with E-state index < -0.39 is 5.91 Å². The quantitative estimate of drug-likeness (QED) is 0.293. The molecule has 0 aliphatic rings. The predicted molar refractivity (Wildman–Crippen MR) is 133 cm³/mol. The molecule has 0 fully saturated rings. The second kappa shape index (κ2) is 9.45. The van der Waals surface area contributed by atoms with E-state index in [0.29, 0.717) is 15.9 Å². The van der Waals surface area contributed by atoms with Crippen molar-refractivity contribution in [3.8, 4) is 17.1 Å². The monoisotopic (exact) mass is 528 g/mol. The smallest absolute Gasteiger partial charge is 0.295 e. The molecular formula is C24H19BrCl2N4O. The molecule has 3 aromatic carbocycles. The molecule has 1 aromatic heterocycles. The number of nitrogens with zero attached hydrogens (tertiary/aromatic N) is 3. The molecule has 0 spiro atoms. The molecule has 162 valence electrons. The molecule has 0 saturated heterocycles. The zero-order chi connectivity index (χ0) is 22.8. The van der Waals surface area contributed by atoms with Crippen molar-refractivity contribution in [3.63, 3.8) is 0 Å². The second-order valence-corrected chi connectivity index (χ2v) is 9.28. The lowest BCUT2D eigenvalue weighted by Crippen LogP contribution is -2.16. The number of aromatic nitrogens is 3. The van der Waals surface area contributed by atoms with E-state index in [2.05, 4.69) is 45.2 Å². The molecule has 1 N–H and O–H groups in total. The van der Waals surface area contributed by atoms with E-state index in [-0.39, 0.29) is 11.7 Å². The molecule has 32 heavy (non-hydrogen) atoms. The maximum atomic E-state index is 13.1. The van der Waals surface area contributed by atoms with Gasteiger partial charge in [0.2, 0.25) is 5.82 Å². The summed E-state index contributed by atoms with van der Waals surface area (Å²) in [5.41, 5.74) is 3.26. The molecule has 0 saturated carbocycles. The summed E-state index contributed by atoms with van der Waals surface area (Å²) in [7, 11) is 0. The third-order valence-corrected chi connectivity index (χ3v) is 5.86. The van der Waals surface area contributed by atoms with Gasteiger partial charge in [-0.25, -0.2) is 9.67 Å². The van der Waals surface area contributed by atoms with Crippen LogP contribution >= 0.6 is 39.1 Å². The fraction of sp³-hybridized carbons (Fsp3) is 0.125. The van der Waals surface area contributed by atoms with Crippen molar-refractivity contribution < 1.29 is 4.79 Å². The van der Waals surface area contributed by atoms with E-state index in [0.717, 1.165) is 27.0 Å². The Morgan fingerprint density at radius 1 is 0.969 bits per heavy atom. The molecule has 1 heterocycles. The number of amides is 1. The van der Waals surface area contributed by atoms with Crippen LogP contribution in [0.3, 0.4) is 0 Å². The van der Waals surface area contributed by atoms with Gasteiger partial charge in [0.15, 0.2) is 5.82 Å². The zero-order valence-electron chi connectivity index (χ0n) is 17.3. The van der Waals surface area contributed by atoms with Gasteiger partial charge in [-0.05, 0) is 78.2 Å². The number of carbonyl (C=O) groups excluding carboxylic acids is 1. The fourth-order valence-electron chi connectivity index (χ4n) is 3.26. The molecule has 0 aliphatic heterocycles. The van der Waals surface area contributed by atoms with Gasteiger partial charge < -0.3 is 5.32 Å². The molecule has 1 amide bonds. The first kappa shape index (κ1) is 22.5. The highest BCUT2D eigenvalue weighted by molar-refractivity contribution is 9.10. The Kier molecular flexibility index (Phi) is 6.65. The third kappa shape index (κ3) is 4.88. The van der Waals surface area contributed by atoms with E-state index in [1.54, 1.807) is 28.9 Å². The number of hydrogen-bond donors (Lipinski definition) is 1. The fourth-order valence-corrected chi connectivity index (χ4v) is 3.89. The number of carbonyl (C=O) groups is 1. The number of anilines is 1. The minimum absolute atomic E-state index is 0.0579. The number of hydrogen-bond acceptors (Lipinski definition) is 3. The summed E-state index contributed by atoms with van der Waals surface area (Å²) >= 11 is 15.6. The summed E-state index contributed by atoms with van der Waals surface area (Å²) in [6.07, 6.45) is 0. The Balaban J connectivity index is 1.75. The van der Waals surface area contributed by atoms with Crippen molar-refractivity contribution in [2.24, 2.45) is 0 Å². The van der Waals surface area contributed by atoms with E-state index in [9.17, 15) is 4.79 Å². The molecule has 0 unspecified atom stereocenters. The number of benzene rings is 3. The molecule has 5 nitrogen and oxygen atoms in total. The lowest BCUT2D eigenvalue weighted by atomic mass is 10.0. The average molecular weight is 530 g/mol. The first-order valence-electron chi connectivity index (χ1n) is 9.91. The van der Waals surface area contributed by atoms with Crippen molar-refractivity contribution in [1.82, 2.24) is 14.8 Å². The molecule has 4 rings (SSSR count). The van der Waals surface area contributed by atoms with Crippen LogP contribution < -0.4 is 5.32 Å². The molecule has 0 aliphatic carbocycles. The SMILES string of the molecule is CC(C)c1cc(Br)ccc1NC(=O)c1nc(-c2ccc(Cl)cc2)n(-c2ccc(Cl)cc2)n1. The highest BCUT2D eigenvalue weighted by Gasteiger charge is 2.20. The summed E-state index contributed by atoms with van der Waals surface area (Å²) in [5, 5.41) is 8.68. The Hall–Kier alpha value is -2.67. The highest BCUT2D eigenvalue weighted by atomic mass is 79.9. The van der Waals surface area contributed by atoms with Crippen LogP contribution in [0.5, 0.6) is 0 Å². The van der Waals surface area contributed by atoms with Gasteiger partial charge in [0.1, 0.15) is 0 Å². The summed E-state index contributed by atoms with van der Waals surface area (Å²) in [6.45, 7) is 4.15. The van der Waals surface area contributed by atoms with Crippen molar-refractivity contribution in [3.05, 3.63) is 92.6 Å². The number of rotatable bonds is 5. The largest absolute Gasteiger partial charge is 0.319 e. The van der Waals surface area contributed by atoms with Crippen LogP contribution in [0.25, 0.3) is 17.1 Å². The van der Waals surface area contributed by atoms with E-state index in [1.807, 2.05) is 42.5 Å². The van der Waals surface area contributed by atoms with Gasteiger partial charge in [0.05, 0.1) is 5.69 Å². The van der Waals surface area contributed by atoms with Crippen LogP contribution in [0.1, 0.15) is 35.9 Å². The van der Waals surface area contributed by atoms with Crippen LogP contribution in [-0.4, -0.2) is 20.7 Å². The van der Waals surface area contributed by atoms with Crippen LogP contribution in [0.4, 0.5) is 5.69 Å². The van der Waals surface area contributed by atoms with Crippen LogP contribution in [0.2, 0.25) is 10.0 Å². The van der Waals surface area contributed by atoms with Crippen molar-refractivity contribution in [2.45, 2.75) is 19.8 Å². The van der Waals surface area contributed by atoms with Gasteiger partial charge in [-0.2, -0.15) is 0 Å². The minimum atomic E-state index is -0.392. The highest BCUT2D eigenvalue weighted by Crippen LogP contribution is 2.29. The lowest BCUT2D eigenvalue weighted by molar-refractivity contribution is 0.101. The van der Waals surface area contributed by atoms with Gasteiger partial charge in [-0.3, -0.25) is 4.79 Å². The molecule has 0 radical (unpaired) electrons. The Morgan fingerprint density at radius 2 is 1.59 bits per heavy atom. The Morgan fingerprint density at radius 3 is 2.22 bits per heavy atom. The summed E-state index contributed by atoms with van der Waals surface area (Å²) in [6, 6.07) is 20.2. The summed E-state index contributed by atoms with van der Waals surface area (Å²) < 4.78 is 2.58. The summed E-state index contributed by atoms with van der Waals surface area (Å²) in [4.78, 5) is 17.7. The first-order valence-corrected chi connectivity index (χ1v) is 11.5. The maximum absolute atomic E-state index is 13.1. The van der Waals surface area contributed by atoms with Gasteiger partial charge in [-0.15, -0.1) is 5.10 Å². The van der Waals surface area contributed by atoms with Crippen LogP contribution in [-0.2, 0) is 0 Å². The maximum Gasteiger partial charge on any atom is 0.295 e. The second-order valence-electron chi connectivity index (χ2n) is 7.49. The Labute approximate surface area is 204 Å². The van der Waals surface area contributed by atoms with Gasteiger partial charge in [-0.1, -0.05) is 53.0 Å². The first-order chi connectivity index (χ1) is 15.3. The molecule has 8 heteroatoms. The van der Waals surface area contributed by atoms with E-state index >= 15 is 0 Å². The van der Waals surface area contributed by atoms with Crippen LogP contribution in [0.15, 0.2) is 71.2 Å². The minimum Gasteiger partial charge on any atom is -0.319 e. The molecular weight excluding hydrogens is 511 g/mol. The predicted octanol–water partition coefficient (Wildman–Crippen LogP) is 7.38. The lowest BCUT2D eigenvalue weighted by Gasteiger charge is -2.13.